The Morgan fingerprint density at radius 3 is 1.30 bits per heavy atom. The molecule has 14 rings (SSSR count). The highest BCUT2D eigenvalue weighted by molar-refractivity contribution is 7.19. The molecule has 0 fully saturated rings. The van der Waals surface area contributed by atoms with Crippen LogP contribution < -0.4 is 25.6 Å². The Hall–Kier alpha value is -9.34. The number of rotatable bonds is 10. The van der Waals surface area contributed by atoms with E-state index in [0.717, 1.165) is 17.1 Å². The van der Waals surface area contributed by atoms with Crippen LogP contribution in [0.5, 0.6) is 0 Å². The molecule has 1 nitrogen and oxygen atoms in total. The Balaban J connectivity index is 1.05. The molecule has 1 aliphatic carbocycles. The third kappa shape index (κ3) is 7.51. The minimum Gasteiger partial charge on any atom is -0.310 e. The molecule has 0 atom stereocenters. The smallest absolute Gasteiger partial charge is 0.179 e. The summed E-state index contributed by atoms with van der Waals surface area (Å²) in [7, 11) is -2.79. The van der Waals surface area contributed by atoms with Gasteiger partial charge in [-0.15, -0.1) is 0 Å². The predicted molar refractivity (Wildman–Crippen MR) is 331 cm³/mol. The van der Waals surface area contributed by atoms with E-state index < -0.39 is 8.07 Å². The summed E-state index contributed by atoms with van der Waals surface area (Å²) >= 11 is 0. The average Bonchev–Trinajstić information content (AvgIpc) is 3.89. The van der Waals surface area contributed by atoms with Crippen molar-refractivity contribution >= 4 is 78.2 Å². The van der Waals surface area contributed by atoms with Crippen LogP contribution >= 0.6 is 0 Å². The van der Waals surface area contributed by atoms with E-state index >= 15 is 0 Å². The van der Waals surface area contributed by atoms with Gasteiger partial charge in [-0.05, 0) is 151 Å². The fourth-order valence-corrected chi connectivity index (χ4v) is 17.8. The lowest BCUT2D eigenvalue weighted by atomic mass is 9.81. The summed E-state index contributed by atoms with van der Waals surface area (Å²) in [5.41, 5.74) is 15.8. The second-order valence-electron chi connectivity index (χ2n) is 21.1. The Morgan fingerprint density at radius 2 is 0.701 bits per heavy atom. The summed E-state index contributed by atoms with van der Waals surface area (Å²) in [4.78, 5) is 2.51. The van der Waals surface area contributed by atoms with Gasteiger partial charge < -0.3 is 4.90 Å². The fourth-order valence-electron chi connectivity index (χ4n) is 13.1. The van der Waals surface area contributed by atoms with E-state index in [9.17, 15) is 0 Å². The number of benzene rings is 13. The molecule has 0 saturated heterocycles. The maximum Gasteiger partial charge on any atom is 0.179 e. The summed E-state index contributed by atoms with van der Waals surface area (Å²) in [6, 6.07) is 111. The topological polar surface area (TPSA) is 3.24 Å². The molecule has 0 spiro atoms. The van der Waals surface area contributed by atoms with Crippen LogP contribution in [0.25, 0.3) is 76.8 Å². The highest BCUT2D eigenvalue weighted by Gasteiger charge is 2.42. The molecular formula is C75H55NSi. The second kappa shape index (κ2) is 18.8. The lowest BCUT2D eigenvalue weighted by Crippen LogP contribution is -2.74. The minimum absolute atomic E-state index is 0.178. The third-order valence-corrected chi connectivity index (χ3v) is 21.4. The molecule has 0 N–H and O–H groups in total. The van der Waals surface area contributed by atoms with Crippen LogP contribution in [-0.4, -0.2) is 8.07 Å². The van der Waals surface area contributed by atoms with Crippen LogP contribution in [0.2, 0.25) is 0 Å². The zero-order valence-corrected chi connectivity index (χ0v) is 44.2. The van der Waals surface area contributed by atoms with Gasteiger partial charge in [-0.1, -0.05) is 269 Å². The van der Waals surface area contributed by atoms with Crippen LogP contribution in [0.1, 0.15) is 25.0 Å². The van der Waals surface area contributed by atoms with Gasteiger partial charge in [0.05, 0.1) is 0 Å². The average molecular weight is 998 g/mol. The number of fused-ring (bicyclic) bond motifs is 9. The van der Waals surface area contributed by atoms with E-state index in [0.29, 0.717) is 0 Å². The fraction of sp³-hybridized carbons (Fsp3) is 0.0400. The van der Waals surface area contributed by atoms with Gasteiger partial charge in [0.1, 0.15) is 0 Å². The number of anilines is 3. The molecule has 0 aliphatic heterocycles. The van der Waals surface area contributed by atoms with E-state index in [2.05, 4.69) is 316 Å². The lowest BCUT2D eigenvalue weighted by molar-refractivity contribution is 0.660. The molecule has 0 unspecified atom stereocenters. The molecule has 0 saturated carbocycles. The van der Waals surface area contributed by atoms with Crippen molar-refractivity contribution in [2.45, 2.75) is 19.3 Å². The normalized spacial score (nSPS) is 12.6. The van der Waals surface area contributed by atoms with Crippen LogP contribution in [-0.2, 0) is 5.41 Å². The van der Waals surface area contributed by atoms with E-state index in [1.54, 1.807) is 0 Å². The van der Waals surface area contributed by atoms with Gasteiger partial charge in [0, 0.05) is 22.5 Å². The first-order chi connectivity index (χ1) is 38.0. The first-order valence-corrected chi connectivity index (χ1v) is 28.9. The van der Waals surface area contributed by atoms with Crippen molar-refractivity contribution in [1.82, 2.24) is 0 Å². The zero-order chi connectivity index (χ0) is 51.5. The van der Waals surface area contributed by atoms with Gasteiger partial charge in [0.2, 0.25) is 0 Å². The molecule has 13 aromatic rings. The van der Waals surface area contributed by atoms with Gasteiger partial charge in [0.15, 0.2) is 8.07 Å². The van der Waals surface area contributed by atoms with Crippen molar-refractivity contribution in [2.24, 2.45) is 0 Å². The molecule has 1 aliphatic rings. The summed E-state index contributed by atoms with van der Waals surface area (Å²) in [6.45, 7) is 4.76. The van der Waals surface area contributed by atoms with Crippen molar-refractivity contribution < 1.29 is 0 Å². The molecule has 0 heterocycles. The van der Waals surface area contributed by atoms with Gasteiger partial charge in [-0.2, -0.15) is 0 Å². The molecule has 0 radical (unpaired) electrons. The quantitative estimate of drug-likeness (QED) is 0.0750. The molecular weight excluding hydrogens is 943 g/mol. The molecule has 364 valence electrons. The summed E-state index contributed by atoms with van der Waals surface area (Å²) in [6.07, 6.45) is 0. The monoisotopic (exact) mass is 997 g/mol. The molecule has 0 amide bonds. The molecule has 77 heavy (non-hydrogen) atoms. The van der Waals surface area contributed by atoms with Crippen LogP contribution in [0, 0.1) is 0 Å². The van der Waals surface area contributed by atoms with Crippen LogP contribution in [0.4, 0.5) is 17.1 Å². The highest BCUT2D eigenvalue weighted by Crippen LogP contribution is 2.53. The number of hydrogen-bond acceptors (Lipinski definition) is 1. The summed E-state index contributed by atoms with van der Waals surface area (Å²) < 4.78 is 0. The molecule has 13 aromatic carbocycles. The number of hydrogen-bond donors (Lipinski definition) is 0. The van der Waals surface area contributed by atoms with E-state index in [1.807, 2.05) is 0 Å². The SMILES string of the molecule is CC1(C)c2ccccc2-c2ccc(N(c3ccc([Si](c4ccccc4)(c4ccccc4)c4ccccc4)cc3)c3ccc4c(c3)c3ccccc3c3c(-c5ccccc5)cc(-c5ccccc5)c(-c5ccccc5)c43)cc21. The van der Waals surface area contributed by atoms with Crippen molar-refractivity contribution in [3.8, 4) is 44.5 Å². The number of nitrogens with zero attached hydrogens (tertiary/aromatic N) is 1. The molecule has 0 aromatic heterocycles. The van der Waals surface area contributed by atoms with Gasteiger partial charge in [-0.25, -0.2) is 0 Å². The Labute approximate surface area is 452 Å². The van der Waals surface area contributed by atoms with E-state index in [-0.39, 0.29) is 5.41 Å². The lowest BCUT2D eigenvalue weighted by Gasteiger charge is -2.35. The second-order valence-corrected chi connectivity index (χ2v) is 24.9. The standard InChI is InChI=1S/C75H55NSi/c1-75(2)70-40-24-23-38-63(70)64-47-43-57(50-71(64)75)76(55-41-45-61(46-42-55)77(58-31-15-6-16-32-58,59-33-17-7-18-34-59)60-35-19-8-20-36-60)56-44-48-66-69(49-56)62-37-21-22-39-65(62)73-68(53-27-11-4-12-28-53)51-67(52-25-9-3-10-26-52)72(74(66)73)54-29-13-5-14-30-54/h3-51H,1-2H3. The maximum absolute atomic E-state index is 2.79. The third-order valence-electron chi connectivity index (χ3n) is 16.6. The van der Waals surface area contributed by atoms with Crippen LogP contribution in [0.15, 0.2) is 297 Å². The van der Waals surface area contributed by atoms with Gasteiger partial charge >= 0.3 is 0 Å². The van der Waals surface area contributed by atoms with Crippen molar-refractivity contribution in [2.75, 3.05) is 4.90 Å². The summed E-state index contributed by atoms with van der Waals surface area (Å²) in [5.74, 6) is 0. The Kier molecular flexibility index (Phi) is 11.3. The molecule has 2 heteroatoms. The van der Waals surface area contributed by atoms with Crippen molar-refractivity contribution in [3.63, 3.8) is 0 Å². The maximum atomic E-state index is 2.51. The van der Waals surface area contributed by atoms with Crippen molar-refractivity contribution in [3.05, 3.63) is 308 Å². The zero-order valence-electron chi connectivity index (χ0n) is 43.2. The Bertz CT molecular complexity index is 4210. The van der Waals surface area contributed by atoms with Crippen LogP contribution in [0.3, 0.4) is 0 Å². The van der Waals surface area contributed by atoms with E-state index in [4.69, 9.17) is 0 Å². The molecule has 0 bridgehead atoms. The summed E-state index contributed by atoms with van der Waals surface area (Å²) in [5, 5.41) is 12.8. The Morgan fingerprint density at radius 1 is 0.273 bits per heavy atom. The van der Waals surface area contributed by atoms with Crippen molar-refractivity contribution in [1.29, 1.82) is 0 Å². The van der Waals surface area contributed by atoms with E-state index in [1.165, 1.54) is 109 Å². The first-order valence-electron chi connectivity index (χ1n) is 26.9. The predicted octanol–water partition coefficient (Wildman–Crippen LogP) is 17.3. The van der Waals surface area contributed by atoms with Gasteiger partial charge in [-0.3, -0.25) is 0 Å². The first kappa shape index (κ1) is 46.2. The van der Waals surface area contributed by atoms with Gasteiger partial charge in [0.25, 0.3) is 0 Å². The minimum atomic E-state index is -2.79. The largest absolute Gasteiger partial charge is 0.310 e. The highest BCUT2D eigenvalue weighted by atomic mass is 28.3.